The van der Waals surface area contributed by atoms with E-state index in [-0.39, 0.29) is 48.1 Å². The van der Waals surface area contributed by atoms with Crippen LogP contribution in [0.2, 0.25) is 19.6 Å². The third kappa shape index (κ3) is 10.1. The van der Waals surface area contributed by atoms with Crippen LogP contribution in [0.4, 0.5) is 0 Å². The maximum atomic E-state index is 12.7. The predicted molar refractivity (Wildman–Crippen MR) is 304 cm³/mol. The number of pyridine rings is 1. The molecule has 72 heavy (non-hydrogen) atoms. The largest absolute Gasteiger partial charge is 0.507 e. The molecule has 0 aliphatic rings. The third-order valence-electron chi connectivity index (χ3n) is 15.0. The van der Waals surface area contributed by atoms with Crippen LogP contribution in [0.1, 0.15) is 98.4 Å². The predicted octanol–water partition coefficient (Wildman–Crippen LogP) is 18.0. The van der Waals surface area contributed by atoms with Gasteiger partial charge in [-0.25, -0.2) is 4.98 Å². The van der Waals surface area contributed by atoms with E-state index in [1.165, 1.54) is 16.7 Å². The Morgan fingerprint density at radius 1 is 0.486 bits per heavy atom. The van der Waals surface area contributed by atoms with Gasteiger partial charge in [0.1, 0.15) is 11.6 Å². The van der Waals surface area contributed by atoms with E-state index >= 15 is 0 Å². The fourth-order valence-electron chi connectivity index (χ4n) is 9.50. The van der Waals surface area contributed by atoms with Crippen molar-refractivity contribution in [3.63, 3.8) is 0 Å². The van der Waals surface area contributed by atoms with Crippen molar-refractivity contribution < 1.29 is 26.2 Å². The van der Waals surface area contributed by atoms with E-state index in [1.54, 1.807) is 0 Å². The monoisotopic (exact) mass is 1140 g/mol. The van der Waals surface area contributed by atoms with Gasteiger partial charge in [0.2, 0.25) is 0 Å². The molecule has 9 rings (SSSR count). The van der Waals surface area contributed by atoms with Gasteiger partial charge in [-0.1, -0.05) is 222 Å². The van der Waals surface area contributed by atoms with Crippen molar-refractivity contribution in [1.82, 2.24) is 14.5 Å². The number of nitrogens with zero attached hydrogens (tertiary/aromatic N) is 3. The van der Waals surface area contributed by atoms with E-state index in [4.69, 9.17) is 9.97 Å². The second-order valence-corrected chi connectivity index (χ2v) is 29.9. The molecule has 2 heterocycles. The number of aromatic hydroxyl groups is 1. The third-order valence-corrected chi connectivity index (χ3v) is 19.1. The molecule has 370 valence electrons. The van der Waals surface area contributed by atoms with Crippen LogP contribution in [0, 0.1) is 6.07 Å². The first-order valence-electron chi connectivity index (χ1n) is 25.2. The quantitative estimate of drug-likeness (QED) is 0.116. The zero-order valence-corrected chi connectivity index (χ0v) is 48.0. The van der Waals surface area contributed by atoms with E-state index in [9.17, 15) is 5.11 Å². The number of phenols is 1. The molecule has 0 saturated carbocycles. The summed E-state index contributed by atoms with van der Waals surface area (Å²) < 4.78 is 2.29. The van der Waals surface area contributed by atoms with Gasteiger partial charge in [-0.2, -0.15) is 0 Å². The van der Waals surface area contributed by atoms with Crippen molar-refractivity contribution in [3.05, 3.63) is 192 Å². The Morgan fingerprint density at radius 2 is 1.06 bits per heavy atom. The van der Waals surface area contributed by atoms with Gasteiger partial charge in [0, 0.05) is 44.1 Å². The average molecular weight is 1140 g/mol. The van der Waals surface area contributed by atoms with E-state index in [2.05, 4.69) is 258 Å². The van der Waals surface area contributed by atoms with Crippen LogP contribution in [0.3, 0.4) is 0 Å². The van der Waals surface area contributed by atoms with Crippen LogP contribution in [0.5, 0.6) is 5.75 Å². The Bertz CT molecular complexity index is 3420. The Balaban J connectivity index is 0.00000693. The van der Waals surface area contributed by atoms with Crippen molar-refractivity contribution in [2.45, 2.75) is 117 Å². The first kappa shape index (κ1) is 52.2. The first-order chi connectivity index (χ1) is 33.4. The molecule has 4 nitrogen and oxygen atoms in total. The minimum absolute atomic E-state index is 0. The zero-order valence-electron chi connectivity index (χ0n) is 44.7. The van der Waals surface area contributed by atoms with Crippen molar-refractivity contribution in [2.24, 2.45) is 0 Å². The molecule has 2 aromatic heterocycles. The van der Waals surface area contributed by atoms with E-state index in [0.717, 1.165) is 78.0 Å². The SMILES string of the molecule is CC(C)(C)c1cc(-c2cc(-c3ccccc3)ccn2)[c-]c(-c2cccc3c2nc(-c2cc(C(C)(C)C)cc(C(C)(C)C)c2O)n3-c2ccc(-c3ccc(C(C)(C)[Si](C)(C)C)cc3)cc2-c2ccccc2)c1.[Pt]. The maximum absolute atomic E-state index is 12.7. The molecule has 0 atom stereocenters. The van der Waals surface area contributed by atoms with Gasteiger partial charge in [-0.15, -0.1) is 29.3 Å². The number of imidazole rings is 1. The number of phenolic OH excluding ortho intramolecular Hbond substituents is 1. The summed E-state index contributed by atoms with van der Waals surface area (Å²) in [6, 6.07) is 60.6. The standard InChI is InChI=1S/C66H70N3OSi.Pt/c1-63(2,3)51-37-48(36-49(38-51)57-40-47(34-35-67-57)43-22-17-15-18-23-43)53-26-21-27-59-60(53)68-62(55-41-52(64(4,5)6)42-56(61(55)70)65(7,8)9)69(59)58-33-30-46(39-54(58)45-24-19-16-20-25-45)44-28-31-50(32-29-44)66(10,11)71(12,13)14;/h15-35,37-42,70H,1-14H3;/q-1;. The van der Waals surface area contributed by atoms with Crippen LogP contribution in [0.25, 0.3) is 83.9 Å². The number of hydrogen-bond acceptors (Lipinski definition) is 3. The molecule has 0 spiro atoms. The van der Waals surface area contributed by atoms with Gasteiger partial charge in [0.15, 0.2) is 0 Å². The fraction of sp³-hybridized carbons (Fsp3) is 0.273. The average Bonchev–Trinajstić information content (AvgIpc) is 3.72. The van der Waals surface area contributed by atoms with Crippen LogP contribution >= 0.6 is 0 Å². The molecular weight excluding hydrogens is 1070 g/mol. The Labute approximate surface area is 445 Å². The van der Waals surface area contributed by atoms with Crippen LogP contribution in [-0.2, 0) is 42.3 Å². The summed E-state index contributed by atoms with van der Waals surface area (Å²) in [5, 5.41) is 12.8. The molecule has 0 bridgehead atoms. The fourth-order valence-corrected chi connectivity index (χ4v) is 10.5. The zero-order chi connectivity index (χ0) is 50.8. The minimum Gasteiger partial charge on any atom is -0.507 e. The smallest absolute Gasteiger partial charge is 0.148 e. The second-order valence-electron chi connectivity index (χ2n) is 24.2. The van der Waals surface area contributed by atoms with Crippen molar-refractivity contribution >= 4 is 19.1 Å². The summed E-state index contributed by atoms with van der Waals surface area (Å²) in [6.45, 7) is 32.1. The van der Waals surface area contributed by atoms with E-state index in [0.29, 0.717) is 11.4 Å². The molecule has 0 fully saturated rings. The molecular formula is C66H70N3OPtSi-. The topological polar surface area (TPSA) is 50.9 Å². The van der Waals surface area contributed by atoms with E-state index in [1.807, 2.05) is 12.3 Å². The molecule has 9 aromatic rings. The number of aromatic nitrogens is 3. The second kappa shape index (κ2) is 19.4. The van der Waals surface area contributed by atoms with Gasteiger partial charge < -0.3 is 5.11 Å². The number of hydrogen-bond donors (Lipinski definition) is 1. The Kier molecular flexibility index (Phi) is 14.0. The molecule has 0 amide bonds. The molecule has 0 radical (unpaired) electrons. The number of fused-ring (bicyclic) bond motifs is 1. The van der Waals surface area contributed by atoms with Gasteiger partial charge in [-0.3, -0.25) is 9.55 Å². The molecule has 6 heteroatoms. The van der Waals surface area contributed by atoms with Gasteiger partial charge in [0.25, 0.3) is 0 Å². The Hall–Kier alpha value is -6.13. The normalized spacial score (nSPS) is 12.5. The Morgan fingerprint density at radius 3 is 1.67 bits per heavy atom. The first-order valence-corrected chi connectivity index (χ1v) is 28.7. The molecule has 0 aliphatic carbocycles. The van der Waals surface area contributed by atoms with Crippen LogP contribution < -0.4 is 0 Å². The number of rotatable bonds is 9. The summed E-state index contributed by atoms with van der Waals surface area (Å²) in [5.74, 6) is 0.921. The van der Waals surface area contributed by atoms with Crippen molar-refractivity contribution in [3.8, 4) is 78.6 Å². The summed E-state index contributed by atoms with van der Waals surface area (Å²) >= 11 is 0. The molecule has 0 unspecified atom stereocenters. The summed E-state index contributed by atoms with van der Waals surface area (Å²) in [4.78, 5) is 10.7. The summed E-state index contributed by atoms with van der Waals surface area (Å²) in [5.41, 5.74) is 17.7. The maximum Gasteiger partial charge on any atom is 0.148 e. The van der Waals surface area contributed by atoms with Gasteiger partial charge >= 0.3 is 0 Å². The summed E-state index contributed by atoms with van der Waals surface area (Å²) in [6.07, 6.45) is 1.90. The molecule has 1 N–H and O–H groups in total. The minimum atomic E-state index is -1.50. The number of para-hydroxylation sites is 1. The van der Waals surface area contributed by atoms with Crippen molar-refractivity contribution in [2.75, 3.05) is 0 Å². The summed E-state index contributed by atoms with van der Waals surface area (Å²) in [7, 11) is -1.50. The molecule has 7 aromatic carbocycles. The van der Waals surface area contributed by atoms with E-state index < -0.39 is 8.07 Å². The van der Waals surface area contributed by atoms with Gasteiger partial charge in [0.05, 0.1) is 30.4 Å². The van der Waals surface area contributed by atoms with Crippen molar-refractivity contribution in [1.29, 1.82) is 0 Å². The van der Waals surface area contributed by atoms with Crippen LogP contribution in [0.15, 0.2) is 164 Å². The molecule has 0 saturated heterocycles. The van der Waals surface area contributed by atoms with Gasteiger partial charge in [-0.05, 0) is 90.6 Å². The number of benzene rings is 7. The van der Waals surface area contributed by atoms with Crippen LogP contribution in [-0.4, -0.2) is 27.7 Å². The molecule has 0 aliphatic heterocycles.